The molecule has 3 heteroatoms. The molecular formula is C13H17ClOSi. The lowest BCUT2D eigenvalue weighted by Gasteiger charge is -2.07. The van der Waals surface area contributed by atoms with Gasteiger partial charge in [-0.1, -0.05) is 37.2 Å². The molecule has 0 fully saturated rings. The van der Waals surface area contributed by atoms with Crippen LogP contribution in [0.2, 0.25) is 24.7 Å². The largest absolute Gasteiger partial charge is 0.493 e. The first-order valence-electron chi connectivity index (χ1n) is 5.38. The molecule has 0 bridgehead atoms. The summed E-state index contributed by atoms with van der Waals surface area (Å²) in [7, 11) is -1.36. The summed E-state index contributed by atoms with van der Waals surface area (Å²) >= 11 is 5.95. The second-order valence-electron chi connectivity index (χ2n) is 4.57. The Morgan fingerprint density at radius 3 is 2.56 bits per heavy atom. The number of rotatable bonds is 2. The van der Waals surface area contributed by atoms with Crippen molar-refractivity contribution in [2.24, 2.45) is 0 Å². The van der Waals surface area contributed by atoms with Crippen molar-refractivity contribution in [3.8, 4) is 17.2 Å². The molecule has 0 unspecified atom stereocenters. The first kappa shape index (κ1) is 13.2. The number of hydrogen-bond donors (Lipinski definition) is 0. The molecule has 86 valence electrons. The predicted octanol–water partition coefficient (Wildman–Crippen LogP) is 3.97. The van der Waals surface area contributed by atoms with Crippen LogP contribution in [-0.2, 0) is 0 Å². The quantitative estimate of drug-likeness (QED) is 0.572. The zero-order chi connectivity index (χ0) is 12.2. The van der Waals surface area contributed by atoms with E-state index in [1.54, 1.807) is 0 Å². The Kier molecular flexibility index (Phi) is 4.46. The number of ether oxygens (including phenoxy) is 1. The summed E-state index contributed by atoms with van der Waals surface area (Å²) in [6.45, 7) is 9.24. The topological polar surface area (TPSA) is 9.23 Å². The van der Waals surface area contributed by atoms with Gasteiger partial charge in [0, 0.05) is 5.02 Å². The number of hydrogen-bond acceptors (Lipinski definition) is 1. The molecule has 16 heavy (non-hydrogen) atoms. The summed E-state index contributed by atoms with van der Waals surface area (Å²) in [6, 6.07) is 5.56. The molecule has 0 saturated heterocycles. The molecule has 1 aromatic carbocycles. The second-order valence-corrected chi connectivity index (χ2v) is 9.76. The Bertz CT molecular complexity index is 424. The van der Waals surface area contributed by atoms with Gasteiger partial charge in [-0.05, 0) is 25.1 Å². The molecule has 0 aliphatic carbocycles. The van der Waals surface area contributed by atoms with E-state index in [1.165, 1.54) is 0 Å². The van der Waals surface area contributed by atoms with Crippen molar-refractivity contribution in [3.63, 3.8) is 0 Å². The van der Waals surface area contributed by atoms with Gasteiger partial charge >= 0.3 is 0 Å². The Hall–Kier alpha value is -0.913. The van der Waals surface area contributed by atoms with Crippen LogP contribution >= 0.6 is 11.6 Å². The maximum atomic E-state index is 5.95. The van der Waals surface area contributed by atoms with Gasteiger partial charge in [-0.25, -0.2) is 0 Å². The third-order valence-electron chi connectivity index (χ3n) is 1.81. The first-order valence-corrected chi connectivity index (χ1v) is 9.25. The van der Waals surface area contributed by atoms with Gasteiger partial charge in [0.15, 0.2) is 0 Å². The highest BCUT2D eigenvalue weighted by Crippen LogP contribution is 2.22. The molecule has 0 N–H and O–H groups in total. The lowest BCUT2D eigenvalue weighted by atomic mass is 10.2. The van der Waals surface area contributed by atoms with E-state index in [4.69, 9.17) is 16.3 Å². The van der Waals surface area contributed by atoms with Crippen molar-refractivity contribution in [2.45, 2.75) is 26.6 Å². The second kappa shape index (κ2) is 5.43. The maximum absolute atomic E-state index is 5.95. The summed E-state index contributed by atoms with van der Waals surface area (Å²) in [5.41, 5.74) is 4.20. The lowest BCUT2D eigenvalue weighted by molar-refractivity contribution is 0.339. The normalized spacial score (nSPS) is 10.6. The molecule has 0 saturated carbocycles. The Morgan fingerprint density at radius 1 is 1.31 bits per heavy atom. The highest BCUT2D eigenvalue weighted by atomic mass is 35.5. The van der Waals surface area contributed by atoms with Crippen LogP contribution in [0.5, 0.6) is 5.75 Å². The summed E-state index contributed by atoms with van der Waals surface area (Å²) < 4.78 is 5.51. The summed E-state index contributed by atoms with van der Waals surface area (Å²) in [6.07, 6.45) is 0. The number of halogens is 1. The fraction of sp³-hybridized carbons (Fsp3) is 0.385. The van der Waals surface area contributed by atoms with E-state index in [0.717, 1.165) is 11.3 Å². The third-order valence-corrected chi connectivity index (χ3v) is 2.92. The van der Waals surface area contributed by atoms with Gasteiger partial charge in [-0.15, -0.1) is 5.54 Å². The minimum atomic E-state index is -1.36. The van der Waals surface area contributed by atoms with Gasteiger partial charge in [-0.2, -0.15) is 0 Å². The third kappa shape index (κ3) is 4.30. The van der Waals surface area contributed by atoms with Crippen LogP contribution in [0.15, 0.2) is 18.2 Å². The number of benzene rings is 1. The van der Waals surface area contributed by atoms with E-state index < -0.39 is 8.07 Å². The average Bonchev–Trinajstić information content (AvgIpc) is 2.17. The molecule has 0 amide bonds. The Morgan fingerprint density at radius 2 is 2.00 bits per heavy atom. The first-order chi connectivity index (χ1) is 7.42. The van der Waals surface area contributed by atoms with Crippen molar-refractivity contribution in [3.05, 3.63) is 28.8 Å². The van der Waals surface area contributed by atoms with Gasteiger partial charge in [0.2, 0.25) is 0 Å². The van der Waals surface area contributed by atoms with E-state index in [-0.39, 0.29) is 0 Å². The van der Waals surface area contributed by atoms with Crippen molar-refractivity contribution in [2.75, 3.05) is 6.61 Å². The SMILES string of the molecule is CCOc1ccc(Cl)cc1C#C[Si](C)(C)C. The molecule has 0 heterocycles. The van der Waals surface area contributed by atoms with Crippen LogP contribution in [-0.4, -0.2) is 14.7 Å². The highest BCUT2D eigenvalue weighted by Gasteiger charge is 2.08. The van der Waals surface area contributed by atoms with Crippen molar-refractivity contribution in [1.82, 2.24) is 0 Å². The van der Waals surface area contributed by atoms with E-state index in [0.29, 0.717) is 11.6 Å². The van der Waals surface area contributed by atoms with E-state index >= 15 is 0 Å². The van der Waals surface area contributed by atoms with Crippen LogP contribution in [0.3, 0.4) is 0 Å². The standard InChI is InChI=1S/C13H17ClOSi/c1-5-15-13-7-6-12(14)10-11(13)8-9-16(2,3)4/h6-7,10H,5H2,1-4H3. The molecule has 0 aliphatic heterocycles. The predicted molar refractivity (Wildman–Crippen MR) is 72.8 cm³/mol. The smallest absolute Gasteiger partial charge is 0.134 e. The molecule has 0 aliphatic rings. The zero-order valence-corrected chi connectivity index (χ0v) is 12.0. The summed E-state index contributed by atoms with van der Waals surface area (Å²) in [5.74, 6) is 4.00. The van der Waals surface area contributed by atoms with Crippen LogP contribution in [0, 0.1) is 11.5 Å². The van der Waals surface area contributed by atoms with Crippen molar-refractivity contribution >= 4 is 19.7 Å². The zero-order valence-electron chi connectivity index (χ0n) is 10.2. The van der Waals surface area contributed by atoms with Gasteiger partial charge in [0.25, 0.3) is 0 Å². The molecule has 0 radical (unpaired) electrons. The molecule has 0 atom stereocenters. The van der Waals surface area contributed by atoms with Crippen LogP contribution in [0.4, 0.5) is 0 Å². The molecule has 1 nitrogen and oxygen atoms in total. The average molecular weight is 253 g/mol. The minimum absolute atomic E-state index is 0.642. The lowest BCUT2D eigenvalue weighted by Crippen LogP contribution is -2.16. The van der Waals surface area contributed by atoms with Crippen LogP contribution in [0.1, 0.15) is 12.5 Å². The van der Waals surface area contributed by atoms with Gasteiger partial charge < -0.3 is 4.74 Å². The fourth-order valence-electron chi connectivity index (χ4n) is 1.14. The van der Waals surface area contributed by atoms with Crippen LogP contribution < -0.4 is 4.74 Å². The van der Waals surface area contributed by atoms with Crippen molar-refractivity contribution < 1.29 is 4.74 Å². The summed E-state index contributed by atoms with van der Waals surface area (Å²) in [4.78, 5) is 0. The van der Waals surface area contributed by atoms with Crippen molar-refractivity contribution in [1.29, 1.82) is 0 Å². The van der Waals surface area contributed by atoms with Gasteiger partial charge in [0.1, 0.15) is 13.8 Å². The molecule has 0 aromatic heterocycles. The Labute approximate surface area is 104 Å². The summed E-state index contributed by atoms with van der Waals surface area (Å²) in [5, 5.41) is 0.698. The highest BCUT2D eigenvalue weighted by molar-refractivity contribution is 6.83. The molecule has 1 aromatic rings. The molecule has 0 spiro atoms. The van der Waals surface area contributed by atoms with E-state index in [1.807, 2.05) is 25.1 Å². The van der Waals surface area contributed by atoms with Gasteiger partial charge in [-0.3, -0.25) is 0 Å². The van der Waals surface area contributed by atoms with Crippen LogP contribution in [0.25, 0.3) is 0 Å². The molecular weight excluding hydrogens is 236 g/mol. The maximum Gasteiger partial charge on any atom is 0.134 e. The fourth-order valence-corrected chi connectivity index (χ4v) is 1.82. The van der Waals surface area contributed by atoms with Gasteiger partial charge in [0.05, 0.1) is 12.2 Å². The minimum Gasteiger partial charge on any atom is -0.493 e. The van der Waals surface area contributed by atoms with E-state index in [2.05, 4.69) is 31.1 Å². The monoisotopic (exact) mass is 252 g/mol. The Balaban J connectivity index is 3.08. The van der Waals surface area contributed by atoms with E-state index in [9.17, 15) is 0 Å². The molecule has 1 rings (SSSR count).